The molecule has 1 aliphatic heterocycles. The van der Waals surface area contributed by atoms with Gasteiger partial charge in [-0.2, -0.15) is 43.9 Å². The van der Waals surface area contributed by atoms with Gasteiger partial charge in [0.05, 0.1) is 26.2 Å². The molecule has 0 aromatic carbocycles. The van der Waals surface area contributed by atoms with E-state index < -0.39 is 42.9 Å². The molecular weight excluding hydrogens is 538 g/mol. The SMILES string of the molecule is CCCCCC[N+]1(CC)CCCC1.O=S(=O)([N-]S(=O)(=O)C(F)(F)C(F)(F)F)C(F)(F)C(F)(F)F. The number of nitrogens with zero attached hydrogens (tertiary/aromatic N) is 2. The molecular formula is C16H26F10N2O4S2. The second-order valence-electron chi connectivity index (χ2n) is 7.65. The van der Waals surface area contributed by atoms with Gasteiger partial charge in [-0.15, -0.1) is 0 Å². The number of rotatable bonds is 10. The van der Waals surface area contributed by atoms with Crippen LogP contribution in [0.25, 0.3) is 4.13 Å². The van der Waals surface area contributed by atoms with Crippen molar-refractivity contribution in [2.24, 2.45) is 0 Å². The Morgan fingerprint density at radius 1 is 0.676 bits per heavy atom. The zero-order valence-corrected chi connectivity index (χ0v) is 19.8. The number of sulfonamides is 2. The number of halogens is 10. The summed E-state index contributed by atoms with van der Waals surface area (Å²) in [5.74, 6) is 0. The highest BCUT2D eigenvalue weighted by Crippen LogP contribution is 2.47. The highest BCUT2D eigenvalue weighted by Gasteiger charge is 2.68. The van der Waals surface area contributed by atoms with Crippen LogP contribution in [-0.4, -0.2) is 70.4 Å². The van der Waals surface area contributed by atoms with Crippen LogP contribution in [0.2, 0.25) is 0 Å². The maximum absolute atomic E-state index is 12.3. The van der Waals surface area contributed by atoms with E-state index in [0.717, 1.165) is 0 Å². The van der Waals surface area contributed by atoms with Crippen molar-refractivity contribution < 1.29 is 65.2 Å². The Kier molecular flexibility index (Phi) is 11.2. The summed E-state index contributed by atoms with van der Waals surface area (Å²) in [5, 5.41) is -14.0. The van der Waals surface area contributed by atoms with Crippen LogP contribution in [0.1, 0.15) is 52.4 Å². The number of unbranched alkanes of at least 4 members (excludes halogenated alkanes) is 3. The molecule has 0 aromatic rings. The highest BCUT2D eigenvalue weighted by atomic mass is 32.3. The van der Waals surface area contributed by atoms with Crippen molar-refractivity contribution in [1.29, 1.82) is 0 Å². The quantitative estimate of drug-likeness (QED) is 0.199. The molecule has 206 valence electrons. The molecule has 0 aromatic heterocycles. The van der Waals surface area contributed by atoms with Gasteiger partial charge in [0.25, 0.3) is 0 Å². The van der Waals surface area contributed by atoms with Gasteiger partial charge in [-0.1, -0.05) is 19.8 Å². The summed E-state index contributed by atoms with van der Waals surface area (Å²) in [6.45, 7) is 10.4. The molecule has 18 heteroatoms. The van der Waals surface area contributed by atoms with E-state index in [0.29, 0.717) is 4.13 Å². The molecule has 0 N–H and O–H groups in total. The van der Waals surface area contributed by atoms with Gasteiger partial charge in [0, 0.05) is 12.8 Å². The summed E-state index contributed by atoms with van der Waals surface area (Å²) in [7, 11) is -15.2. The highest BCUT2D eigenvalue weighted by molar-refractivity contribution is 8.13. The smallest absolute Gasteiger partial charge is 0.425 e. The molecule has 0 atom stereocenters. The first-order valence-corrected chi connectivity index (χ1v) is 12.9. The van der Waals surface area contributed by atoms with E-state index in [2.05, 4.69) is 13.8 Å². The molecule has 0 amide bonds. The topological polar surface area (TPSA) is 82.4 Å². The maximum atomic E-state index is 12.3. The molecule has 1 rings (SSSR count). The lowest BCUT2D eigenvalue weighted by atomic mass is 10.2. The van der Waals surface area contributed by atoms with Crippen LogP contribution in [0.5, 0.6) is 0 Å². The van der Waals surface area contributed by atoms with Crippen molar-refractivity contribution in [3.05, 3.63) is 4.13 Å². The van der Waals surface area contributed by atoms with Crippen LogP contribution in [0.15, 0.2) is 0 Å². The van der Waals surface area contributed by atoms with Gasteiger partial charge in [-0.25, -0.2) is 16.8 Å². The average molecular weight is 565 g/mol. The molecule has 0 bridgehead atoms. The number of alkyl halides is 10. The zero-order valence-electron chi connectivity index (χ0n) is 18.2. The average Bonchev–Trinajstić information content (AvgIpc) is 3.12. The molecule has 1 heterocycles. The molecule has 1 fully saturated rings. The summed E-state index contributed by atoms with van der Waals surface area (Å²) in [6.07, 6.45) is -5.34. The number of likely N-dealkylation sites (tertiary alicyclic amines) is 1. The second-order valence-corrected chi connectivity index (χ2v) is 11.2. The van der Waals surface area contributed by atoms with E-state index in [1.54, 1.807) is 0 Å². The first kappa shape index (κ1) is 33.1. The van der Waals surface area contributed by atoms with Crippen LogP contribution in [0.3, 0.4) is 0 Å². The standard InChI is InChI=1S/C12H26N.C4F10NO4S2/c1-3-5-6-7-10-13(4-2)11-8-9-12-13;5-1(6,7)3(11,12)20(16,17)15-21(18,19)4(13,14)2(8,9)10/h3-12H2,1-2H3;/q+1;-1. The lowest BCUT2D eigenvalue weighted by Gasteiger charge is -2.33. The molecule has 34 heavy (non-hydrogen) atoms. The Labute approximate surface area is 191 Å². The van der Waals surface area contributed by atoms with Gasteiger partial charge in [0.2, 0.25) is 0 Å². The summed E-state index contributed by atoms with van der Waals surface area (Å²) >= 11 is 0. The minimum absolute atomic E-state index is 0.422. The van der Waals surface area contributed by atoms with E-state index in [1.807, 2.05) is 0 Å². The lowest BCUT2D eigenvalue weighted by molar-refractivity contribution is -0.915. The fourth-order valence-electron chi connectivity index (χ4n) is 3.09. The summed E-state index contributed by atoms with van der Waals surface area (Å²) in [6, 6.07) is 0. The normalized spacial score (nSPS) is 17.9. The predicted octanol–water partition coefficient (Wildman–Crippen LogP) is 5.53. The molecule has 0 saturated carbocycles. The second kappa shape index (κ2) is 11.5. The van der Waals surface area contributed by atoms with Crippen molar-refractivity contribution in [2.45, 2.75) is 75.2 Å². The van der Waals surface area contributed by atoms with Crippen molar-refractivity contribution in [2.75, 3.05) is 26.2 Å². The van der Waals surface area contributed by atoms with Crippen LogP contribution in [-0.2, 0) is 20.0 Å². The van der Waals surface area contributed by atoms with Crippen LogP contribution < -0.4 is 0 Å². The first-order valence-electron chi connectivity index (χ1n) is 10.0. The van der Waals surface area contributed by atoms with Crippen molar-refractivity contribution in [3.63, 3.8) is 0 Å². The van der Waals surface area contributed by atoms with Gasteiger partial charge in [0.1, 0.15) is 0 Å². The summed E-state index contributed by atoms with van der Waals surface area (Å²) < 4.78 is 162. The third kappa shape index (κ3) is 7.81. The summed E-state index contributed by atoms with van der Waals surface area (Å²) in [4.78, 5) is 0. The fourth-order valence-corrected chi connectivity index (χ4v) is 5.46. The Morgan fingerprint density at radius 3 is 1.35 bits per heavy atom. The van der Waals surface area contributed by atoms with Gasteiger partial charge in [-0.05, 0) is 19.8 Å². The Hall–Kier alpha value is -0.880. The molecule has 0 spiro atoms. The van der Waals surface area contributed by atoms with Gasteiger partial charge in [0.15, 0.2) is 20.0 Å². The van der Waals surface area contributed by atoms with Crippen LogP contribution in [0, 0.1) is 0 Å². The van der Waals surface area contributed by atoms with Crippen molar-refractivity contribution >= 4 is 20.0 Å². The minimum atomic E-state index is -7.62. The van der Waals surface area contributed by atoms with Gasteiger partial charge in [-0.3, -0.25) is 0 Å². The summed E-state index contributed by atoms with van der Waals surface area (Å²) in [5.41, 5.74) is 0. The van der Waals surface area contributed by atoms with Gasteiger partial charge < -0.3 is 8.61 Å². The number of hydrogen-bond acceptors (Lipinski definition) is 4. The zero-order chi connectivity index (χ0) is 27.3. The number of hydrogen-bond donors (Lipinski definition) is 0. The number of quaternary nitrogens is 1. The predicted molar refractivity (Wildman–Crippen MR) is 102 cm³/mol. The molecule has 1 aliphatic rings. The van der Waals surface area contributed by atoms with Crippen LogP contribution >= 0.6 is 0 Å². The monoisotopic (exact) mass is 564 g/mol. The van der Waals surface area contributed by atoms with E-state index in [-0.39, 0.29) is 0 Å². The van der Waals surface area contributed by atoms with Crippen molar-refractivity contribution in [3.8, 4) is 0 Å². The molecule has 1 saturated heterocycles. The first-order chi connectivity index (χ1) is 15.0. The van der Waals surface area contributed by atoms with E-state index in [9.17, 15) is 60.7 Å². The fraction of sp³-hybridized carbons (Fsp3) is 1.00. The Morgan fingerprint density at radius 2 is 1.06 bits per heavy atom. The largest absolute Gasteiger partial charge is 0.467 e. The lowest BCUT2D eigenvalue weighted by Crippen LogP contribution is -2.48. The Bertz CT molecular complexity index is 796. The third-order valence-electron chi connectivity index (χ3n) is 5.18. The van der Waals surface area contributed by atoms with Crippen molar-refractivity contribution in [1.82, 2.24) is 0 Å². The van der Waals surface area contributed by atoms with Gasteiger partial charge >= 0.3 is 22.9 Å². The maximum Gasteiger partial charge on any atom is 0.467 e. The molecule has 0 radical (unpaired) electrons. The van der Waals surface area contributed by atoms with Crippen LogP contribution in [0.4, 0.5) is 43.9 Å². The van der Waals surface area contributed by atoms with E-state index in [4.69, 9.17) is 0 Å². The molecule has 6 nitrogen and oxygen atoms in total. The van der Waals surface area contributed by atoms with E-state index >= 15 is 0 Å². The minimum Gasteiger partial charge on any atom is -0.425 e. The third-order valence-corrected chi connectivity index (χ3v) is 8.50. The Balaban J connectivity index is 0.000000712. The molecule has 0 unspecified atom stereocenters. The van der Waals surface area contributed by atoms with E-state index in [1.165, 1.54) is 69.2 Å². The molecule has 0 aliphatic carbocycles.